The molecule has 7 heteroatoms. The Labute approximate surface area is 212 Å². The van der Waals surface area contributed by atoms with Crippen LogP contribution in [0.4, 0.5) is 0 Å². The minimum absolute atomic E-state index is 0.115. The fourth-order valence-corrected chi connectivity index (χ4v) is 4.89. The van der Waals surface area contributed by atoms with Gasteiger partial charge in [0.2, 0.25) is 11.8 Å². The van der Waals surface area contributed by atoms with Crippen LogP contribution in [0.25, 0.3) is 0 Å². The van der Waals surface area contributed by atoms with E-state index in [0.29, 0.717) is 24.7 Å². The Morgan fingerprint density at radius 3 is 2.56 bits per heavy atom. The van der Waals surface area contributed by atoms with Gasteiger partial charge in [-0.3, -0.25) is 9.59 Å². The fraction of sp³-hybridized carbons (Fsp3) is 0.414. The average molecular weight is 488 g/mol. The van der Waals surface area contributed by atoms with Crippen molar-refractivity contribution in [2.75, 3.05) is 19.6 Å². The summed E-state index contributed by atoms with van der Waals surface area (Å²) in [4.78, 5) is 33.8. The molecule has 7 nitrogen and oxygen atoms in total. The fourth-order valence-electron chi connectivity index (χ4n) is 4.89. The van der Waals surface area contributed by atoms with E-state index in [4.69, 9.17) is 9.15 Å². The number of carbonyl (C=O) groups is 2. The van der Waals surface area contributed by atoms with Gasteiger partial charge in [0.1, 0.15) is 12.0 Å². The monoisotopic (exact) mass is 487 g/mol. The van der Waals surface area contributed by atoms with Crippen LogP contribution in [0.1, 0.15) is 71.4 Å². The molecule has 5 rings (SSSR count). The molecule has 0 N–H and O–H groups in total. The summed E-state index contributed by atoms with van der Waals surface area (Å²) in [6, 6.07) is 14.4. The summed E-state index contributed by atoms with van der Waals surface area (Å²) >= 11 is 0. The lowest BCUT2D eigenvalue weighted by atomic mass is 9.87. The molecule has 3 aromatic rings. The summed E-state index contributed by atoms with van der Waals surface area (Å²) in [5.74, 6) is 1.30. The van der Waals surface area contributed by atoms with Crippen molar-refractivity contribution in [3.8, 4) is 5.75 Å². The molecule has 2 heterocycles. The second kappa shape index (κ2) is 10.2. The summed E-state index contributed by atoms with van der Waals surface area (Å²) in [6.07, 6.45) is 4.19. The van der Waals surface area contributed by atoms with Gasteiger partial charge in [0.05, 0.1) is 6.04 Å². The number of aryl methyl sites for hydroxylation is 1. The van der Waals surface area contributed by atoms with Crippen LogP contribution in [0.3, 0.4) is 0 Å². The molecule has 1 aliphatic carbocycles. The van der Waals surface area contributed by atoms with Crippen molar-refractivity contribution in [1.29, 1.82) is 0 Å². The molecule has 2 aliphatic rings. The second-order valence-corrected chi connectivity index (χ2v) is 9.62. The van der Waals surface area contributed by atoms with Crippen LogP contribution in [0.5, 0.6) is 5.75 Å². The van der Waals surface area contributed by atoms with Gasteiger partial charge in [-0.1, -0.05) is 35.9 Å². The maximum absolute atomic E-state index is 13.2. The highest BCUT2D eigenvalue weighted by Gasteiger charge is 2.39. The molecule has 0 spiro atoms. The van der Waals surface area contributed by atoms with E-state index in [1.807, 2.05) is 30.9 Å². The Hall–Kier alpha value is -3.61. The van der Waals surface area contributed by atoms with Crippen molar-refractivity contribution in [1.82, 2.24) is 14.8 Å². The number of benzene rings is 2. The van der Waals surface area contributed by atoms with Crippen LogP contribution in [0.2, 0.25) is 0 Å². The SMILES string of the molecule is CCN(CC)C(=O)c1coc(COc2ccc3c(c2)C(c2ccc(C)cc2)N(C(=O)C2CC2)CC3)n1. The standard InChI is InChI=1S/C29H33N3O4/c1-4-31(5-2)29(34)25-17-36-26(30-25)18-35-23-13-12-20-14-15-32(28(33)22-10-11-22)27(24(20)16-23)21-8-6-19(3)7-9-21/h6-9,12-13,16-17,22,27H,4-5,10-11,14-15,18H2,1-3H3. The zero-order valence-electron chi connectivity index (χ0n) is 21.2. The van der Waals surface area contributed by atoms with Gasteiger partial charge in [0.15, 0.2) is 12.3 Å². The summed E-state index contributed by atoms with van der Waals surface area (Å²) in [6.45, 7) is 8.01. The summed E-state index contributed by atoms with van der Waals surface area (Å²) in [5, 5.41) is 0. The minimum atomic E-state index is -0.148. The van der Waals surface area contributed by atoms with Crippen LogP contribution in [-0.4, -0.2) is 46.2 Å². The largest absolute Gasteiger partial charge is 0.484 e. The van der Waals surface area contributed by atoms with Crippen LogP contribution >= 0.6 is 0 Å². The van der Waals surface area contributed by atoms with E-state index in [0.717, 1.165) is 36.9 Å². The first-order valence-corrected chi connectivity index (χ1v) is 12.8. The van der Waals surface area contributed by atoms with Crippen molar-refractivity contribution in [2.24, 2.45) is 5.92 Å². The number of fused-ring (bicyclic) bond motifs is 1. The van der Waals surface area contributed by atoms with Gasteiger partial charge in [0, 0.05) is 25.6 Å². The van der Waals surface area contributed by atoms with Gasteiger partial charge in [-0.15, -0.1) is 0 Å². The van der Waals surface area contributed by atoms with Crippen LogP contribution < -0.4 is 4.74 Å². The van der Waals surface area contributed by atoms with Crippen molar-refractivity contribution in [3.63, 3.8) is 0 Å². The van der Waals surface area contributed by atoms with Gasteiger partial charge in [-0.2, -0.15) is 0 Å². The average Bonchev–Trinajstić information content (AvgIpc) is 3.64. The topological polar surface area (TPSA) is 75.9 Å². The molecule has 0 bridgehead atoms. The van der Waals surface area contributed by atoms with E-state index >= 15 is 0 Å². The van der Waals surface area contributed by atoms with E-state index in [1.165, 1.54) is 17.4 Å². The molecule has 1 fully saturated rings. The molecule has 36 heavy (non-hydrogen) atoms. The van der Waals surface area contributed by atoms with E-state index in [9.17, 15) is 9.59 Å². The smallest absolute Gasteiger partial charge is 0.275 e. The third kappa shape index (κ3) is 4.87. The molecular weight excluding hydrogens is 454 g/mol. The number of hydrogen-bond donors (Lipinski definition) is 0. The van der Waals surface area contributed by atoms with Gasteiger partial charge in [-0.05, 0) is 68.9 Å². The maximum atomic E-state index is 13.2. The lowest BCUT2D eigenvalue weighted by Gasteiger charge is -2.38. The van der Waals surface area contributed by atoms with Crippen LogP contribution in [0, 0.1) is 12.8 Å². The molecule has 2 aromatic carbocycles. The molecule has 2 amide bonds. The molecule has 1 aromatic heterocycles. The van der Waals surface area contributed by atoms with Crippen molar-refractivity contribution in [3.05, 3.63) is 82.6 Å². The maximum Gasteiger partial charge on any atom is 0.275 e. The van der Waals surface area contributed by atoms with Gasteiger partial charge in [-0.25, -0.2) is 4.98 Å². The molecule has 188 valence electrons. The first-order chi connectivity index (χ1) is 17.5. The molecule has 1 aliphatic heterocycles. The summed E-state index contributed by atoms with van der Waals surface area (Å²) in [5.41, 5.74) is 4.92. The van der Waals surface area contributed by atoms with Gasteiger partial charge >= 0.3 is 0 Å². The number of ether oxygens (including phenoxy) is 1. The van der Waals surface area contributed by atoms with E-state index in [2.05, 4.69) is 42.2 Å². The predicted molar refractivity (Wildman–Crippen MR) is 136 cm³/mol. The minimum Gasteiger partial charge on any atom is -0.484 e. The van der Waals surface area contributed by atoms with Gasteiger partial charge in [0.25, 0.3) is 5.91 Å². The predicted octanol–water partition coefficient (Wildman–Crippen LogP) is 4.93. The Bertz CT molecular complexity index is 1240. The Morgan fingerprint density at radius 2 is 1.86 bits per heavy atom. The van der Waals surface area contributed by atoms with E-state index < -0.39 is 0 Å². The number of rotatable bonds is 8. The number of carbonyl (C=O) groups excluding carboxylic acids is 2. The number of amides is 2. The molecule has 0 saturated heterocycles. The lowest BCUT2D eigenvalue weighted by Crippen LogP contribution is -2.41. The van der Waals surface area contributed by atoms with Crippen molar-refractivity contribution < 1.29 is 18.7 Å². The molecular formula is C29H33N3O4. The number of hydrogen-bond acceptors (Lipinski definition) is 5. The third-order valence-corrected chi connectivity index (χ3v) is 7.13. The normalized spacial score (nSPS) is 17.0. The Kier molecular flexibility index (Phi) is 6.81. The van der Waals surface area contributed by atoms with E-state index in [-0.39, 0.29) is 36.1 Å². The van der Waals surface area contributed by atoms with E-state index in [1.54, 1.807) is 4.90 Å². The first kappa shape index (κ1) is 24.1. The molecule has 1 saturated carbocycles. The highest BCUT2D eigenvalue weighted by molar-refractivity contribution is 5.91. The quantitative estimate of drug-likeness (QED) is 0.450. The molecule has 1 unspecified atom stereocenters. The number of nitrogens with zero attached hydrogens (tertiary/aromatic N) is 3. The van der Waals surface area contributed by atoms with Crippen molar-refractivity contribution in [2.45, 2.75) is 52.7 Å². The van der Waals surface area contributed by atoms with Crippen LogP contribution in [0.15, 0.2) is 53.1 Å². The van der Waals surface area contributed by atoms with Crippen LogP contribution in [-0.2, 0) is 17.8 Å². The third-order valence-electron chi connectivity index (χ3n) is 7.13. The van der Waals surface area contributed by atoms with Gasteiger partial charge < -0.3 is 19.0 Å². The second-order valence-electron chi connectivity index (χ2n) is 9.62. The number of oxazole rings is 1. The molecule has 1 atom stereocenters. The summed E-state index contributed by atoms with van der Waals surface area (Å²) in [7, 11) is 0. The van der Waals surface area contributed by atoms with Crippen molar-refractivity contribution >= 4 is 11.8 Å². The number of aromatic nitrogens is 1. The molecule has 0 radical (unpaired) electrons. The Morgan fingerprint density at radius 1 is 1.11 bits per heavy atom. The summed E-state index contributed by atoms with van der Waals surface area (Å²) < 4.78 is 11.5. The zero-order chi connectivity index (χ0) is 25.2. The first-order valence-electron chi connectivity index (χ1n) is 12.8. The Balaban J connectivity index is 1.38. The zero-order valence-corrected chi connectivity index (χ0v) is 21.2. The highest BCUT2D eigenvalue weighted by atomic mass is 16.5. The lowest BCUT2D eigenvalue weighted by molar-refractivity contribution is -0.134. The highest BCUT2D eigenvalue weighted by Crippen LogP contribution is 2.41.